The van der Waals surface area contributed by atoms with E-state index in [1.807, 2.05) is 12.1 Å². The zero-order valence-corrected chi connectivity index (χ0v) is 15.4. The van der Waals surface area contributed by atoms with Gasteiger partial charge in [0, 0.05) is 18.8 Å². The molecule has 0 spiro atoms. The molecule has 25 heavy (non-hydrogen) atoms. The molecular formula is C18H19N2O3S2-. The van der Waals surface area contributed by atoms with Crippen LogP contribution in [0.15, 0.2) is 29.2 Å². The zero-order valence-electron chi connectivity index (χ0n) is 13.8. The number of anilines is 1. The average Bonchev–Trinajstić information content (AvgIpc) is 2.79. The maximum absolute atomic E-state index is 12.3. The SMILES string of the molecule is O=C([O-])CN1C(=O)/C(=C\c2ccc(N3CCCCCC3)cc2)SC1=S. The second kappa shape index (κ2) is 8.01. The largest absolute Gasteiger partial charge is 0.548 e. The Morgan fingerprint density at radius 3 is 2.40 bits per heavy atom. The summed E-state index contributed by atoms with van der Waals surface area (Å²) in [6, 6.07) is 8.09. The summed E-state index contributed by atoms with van der Waals surface area (Å²) in [4.78, 5) is 26.9. The van der Waals surface area contributed by atoms with Gasteiger partial charge in [0.25, 0.3) is 5.91 Å². The van der Waals surface area contributed by atoms with Crippen molar-refractivity contribution in [1.82, 2.24) is 4.90 Å². The van der Waals surface area contributed by atoms with E-state index >= 15 is 0 Å². The summed E-state index contributed by atoms with van der Waals surface area (Å²) in [6.07, 6.45) is 6.79. The monoisotopic (exact) mass is 375 g/mol. The number of amides is 1. The molecule has 2 fully saturated rings. The van der Waals surface area contributed by atoms with E-state index in [9.17, 15) is 14.7 Å². The van der Waals surface area contributed by atoms with Gasteiger partial charge in [0.05, 0.1) is 17.4 Å². The summed E-state index contributed by atoms with van der Waals surface area (Å²) in [5.41, 5.74) is 2.09. The Kier molecular flexibility index (Phi) is 5.75. The summed E-state index contributed by atoms with van der Waals surface area (Å²) < 4.78 is 0.252. The lowest BCUT2D eigenvalue weighted by atomic mass is 10.1. The van der Waals surface area contributed by atoms with Crippen molar-refractivity contribution in [3.8, 4) is 0 Å². The van der Waals surface area contributed by atoms with Crippen LogP contribution in [-0.4, -0.2) is 40.7 Å². The van der Waals surface area contributed by atoms with Crippen molar-refractivity contribution in [3.05, 3.63) is 34.7 Å². The van der Waals surface area contributed by atoms with Gasteiger partial charge in [-0.3, -0.25) is 9.69 Å². The summed E-state index contributed by atoms with van der Waals surface area (Å²) in [5, 5.41) is 10.7. The molecule has 132 valence electrons. The molecule has 2 aliphatic rings. The molecule has 0 aliphatic carbocycles. The van der Waals surface area contributed by atoms with Crippen LogP contribution < -0.4 is 10.0 Å². The second-order valence-corrected chi connectivity index (χ2v) is 7.81. The molecule has 0 atom stereocenters. The molecule has 0 bridgehead atoms. The number of nitrogens with zero attached hydrogens (tertiary/aromatic N) is 2. The minimum atomic E-state index is -1.32. The molecule has 1 amide bonds. The van der Waals surface area contributed by atoms with E-state index in [-0.39, 0.29) is 10.2 Å². The van der Waals surface area contributed by atoms with E-state index < -0.39 is 12.5 Å². The number of aliphatic carboxylic acids is 1. The minimum Gasteiger partial charge on any atom is -0.548 e. The average molecular weight is 375 g/mol. The van der Waals surface area contributed by atoms with Crippen LogP contribution in [0, 0.1) is 0 Å². The van der Waals surface area contributed by atoms with Crippen molar-refractivity contribution in [2.24, 2.45) is 0 Å². The van der Waals surface area contributed by atoms with Gasteiger partial charge in [-0.2, -0.15) is 0 Å². The number of rotatable bonds is 4. The highest BCUT2D eigenvalue weighted by molar-refractivity contribution is 8.26. The van der Waals surface area contributed by atoms with Crippen molar-refractivity contribution in [2.75, 3.05) is 24.5 Å². The standard InChI is InChI=1S/C18H20N2O3S2/c21-16(22)12-20-17(23)15(25-18(20)24)11-13-5-7-14(8-6-13)19-9-3-1-2-4-10-19/h5-8,11H,1-4,9-10,12H2,(H,21,22)/p-1/b15-11+. The van der Waals surface area contributed by atoms with Crippen molar-refractivity contribution in [1.29, 1.82) is 0 Å². The highest BCUT2D eigenvalue weighted by atomic mass is 32.2. The molecule has 2 saturated heterocycles. The Labute approximate surface area is 156 Å². The number of carbonyl (C=O) groups is 2. The second-order valence-electron chi connectivity index (χ2n) is 6.13. The first-order chi connectivity index (χ1) is 12.0. The van der Waals surface area contributed by atoms with E-state index in [0.29, 0.717) is 4.91 Å². The molecule has 2 aliphatic heterocycles. The smallest absolute Gasteiger partial charge is 0.266 e. The van der Waals surface area contributed by atoms with Crippen LogP contribution in [0.1, 0.15) is 31.2 Å². The maximum atomic E-state index is 12.3. The topological polar surface area (TPSA) is 63.7 Å². The number of hydrogen-bond donors (Lipinski definition) is 0. The summed E-state index contributed by atoms with van der Waals surface area (Å²) in [5.74, 6) is -1.70. The van der Waals surface area contributed by atoms with Gasteiger partial charge in [0.2, 0.25) is 0 Å². The first-order valence-corrected chi connectivity index (χ1v) is 9.57. The van der Waals surface area contributed by atoms with E-state index in [1.165, 1.54) is 31.4 Å². The normalized spacial score (nSPS) is 20.2. The van der Waals surface area contributed by atoms with E-state index in [2.05, 4.69) is 17.0 Å². The number of thioether (sulfide) groups is 1. The van der Waals surface area contributed by atoms with Crippen molar-refractivity contribution < 1.29 is 14.7 Å². The van der Waals surface area contributed by atoms with E-state index in [1.54, 1.807) is 6.08 Å². The molecule has 0 unspecified atom stereocenters. The van der Waals surface area contributed by atoms with E-state index in [0.717, 1.165) is 35.3 Å². The molecule has 0 N–H and O–H groups in total. The third-order valence-corrected chi connectivity index (χ3v) is 5.70. The van der Waals surface area contributed by atoms with Gasteiger partial charge in [0.15, 0.2) is 0 Å². The number of carbonyl (C=O) groups excluding carboxylic acids is 2. The van der Waals surface area contributed by atoms with Crippen LogP contribution >= 0.6 is 24.0 Å². The van der Waals surface area contributed by atoms with Crippen LogP contribution in [0.3, 0.4) is 0 Å². The molecule has 0 saturated carbocycles. The Balaban J connectivity index is 1.72. The molecule has 1 aromatic carbocycles. The van der Waals surface area contributed by atoms with Gasteiger partial charge in [0.1, 0.15) is 4.32 Å². The lowest BCUT2D eigenvalue weighted by Crippen LogP contribution is -2.40. The highest BCUT2D eigenvalue weighted by Gasteiger charge is 2.31. The first-order valence-electron chi connectivity index (χ1n) is 8.35. The molecule has 0 radical (unpaired) electrons. The van der Waals surface area contributed by atoms with Gasteiger partial charge in [-0.25, -0.2) is 0 Å². The zero-order chi connectivity index (χ0) is 17.8. The third kappa shape index (κ3) is 4.41. The van der Waals surface area contributed by atoms with Gasteiger partial charge >= 0.3 is 0 Å². The van der Waals surface area contributed by atoms with Gasteiger partial charge in [-0.05, 0) is 36.6 Å². The highest BCUT2D eigenvalue weighted by Crippen LogP contribution is 2.32. The molecule has 5 nitrogen and oxygen atoms in total. The van der Waals surface area contributed by atoms with Crippen LogP contribution in [0.5, 0.6) is 0 Å². The van der Waals surface area contributed by atoms with Gasteiger partial charge in [-0.1, -0.05) is 49.0 Å². The number of hydrogen-bond acceptors (Lipinski definition) is 6. The van der Waals surface area contributed by atoms with E-state index in [4.69, 9.17) is 12.2 Å². The number of benzene rings is 1. The summed E-state index contributed by atoms with van der Waals surface area (Å²) in [6.45, 7) is 1.67. The number of thiocarbonyl (C=S) groups is 1. The molecule has 2 heterocycles. The minimum absolute atomic E-state index is 0.252. The molecule has 0 aromatic heterocycles. The van der Waals surface area contributed by atoms with Crippen molar-refractivity contribution in [2.45, 2.75) is 25.7 Å². The van der Waals surface area contributed by atoms with Crippen LogP contribution in [0.25, 0.3) is 6.08 Å². The third-order valence-electron chi connectivity index (χ3n) is 4.32. The quantitative estimate of drug-likeness (QED) is 0.593. The molecule has 7 heteroatoms. The fraction of sp³-hybridized carbons (Fsp3) is 0.389. The molecular weight excluding hydrogens is 356 g/mol. The maximum Gasteiger partial charge on any atom is 0.266 e. The summed E-state index contributed by atoms with van der Waals surface area (Å²) >= 11 is 6.20. The fourth-order valence-corrected chi connectivity index (χ4v) is 4.28. The predicted octanol–water partition coefficient (Wildman–Crippen LogP) is 2.02. The van der Waals surface area contributed by atoms with Crippen LogP contribution in [0.2, 0.25) is 0 Å². The van der Waals surface area contributed by atoms with Crippen molar-refractivity contribution in [3.63, 3.8) is 0 Å². The predicted molar refractivity (Wildman–Crippen MR) is 102 cm³/mol. The van der Waals surface area contributed by atoms with Crippen LogP contribution in [0.4, 0.5) is 5.69 Å². The van der Waals surface area contributed by atoms with Gasteiger partial charge < -0.3 is 14.8 Å². The lowest BCUT2D eigenvalue weighted by molar-refractivity contribution is -0.305. The van der Waals surface area contributed by atoms with Gasteiger partial charge in [-0.15, -0.1) is 0 Å². The summed E-state index contributed by atoms with van der Waals surface area (Å²) in [7, 11) is 0. The Morgan fingerprint density at radius 2 is 1.80 bits per heavy atom. The number of carboxylic acid groups (broad SMARTS) is 1. The van der Waals surface area contributed by atoms with Crippen LogP contribution in [-0.2, 0) is 9.59 Å². The number of carboxylic acids is 1. The Morgan fingerprint density at radius 1 is 1.16 bits per heavy atom. The molecule has 1 aromatic rings. The Hall–Kier alpha value is -1.86. The first kappa shape index (κ1) is 17.9. The lowest BCUT2D eigenvalue weighted by Gasteiger charge is -2.22. The Bertz CT molecular complexity index is 708. The molecule has 3 rings (SSSR count). The fourth-order valence-electron chi connectivity index (χ4n) is 3.03. The van der Waals surface area contributed by atoms with Crippen molar-refractivity contribution >= 4 is 51.9 Å².